The highest BCUT2D eigenvalue weighted by atomic mass is 16.6. The molecule has 2 aliphatic carbocycles. The molecule has 2 unspecified atom stereocenters. The number of hydrogen-bond donors (Lipinski definition) is 4. The monoisotopic (exact) mass is 724 g/mol. The van der Waals surface area contributed by atoms with Gasteiger partial charge in [0.2, 0.25) is 29.4 Å². The number of ether oxygens (including phenoxy) is 1. The van der Waals surface area contributed by atoms with Gasteiger partial charge in [-0.25, -0.2) is 4.79 Å². The number of amides is 6. The molecule has 3 aliphatic rings. The number of Topliss-reactive ketones (excluding diaryl/α,β-unsaturated/α-hetero) is 1. The zero-order chi connectivity index (χ0) is 38.5. The van der Waals surface area contributed by atoms with E-state index >= 15 is 0 Å². The summed E-state index contributed by atoms with van der Waals surface area (Å²) in [7, 11) is 3.13. The van der Waals surface area contributed by atoms with Crippen molar-refractivity contribution >= 4 is 41.4 Å². The van der Waals surface area contributed by atoms with Gasteiger partial charge in [-0.05, 0) is 68.8 Å². The second-order valence-corrected chi connectivity index (χ2v) is 16.1. The number of piperidine rings is 1. The molecule has 1 aliphatic heterocycles. The van der Waals surface area contributed by atoms with Crippen LogP contribution >= 0.6 is 0 Å². The van der Waals surface area contributed by atoms with E-state index in [1.807, 2.05) is 20.8 Å². The minimum Gasteiger partial charge on any atom is -0.444 e. The maximum atomic E-state index is 14.3. The third-order valence-corrected chi connectivity index (χ3v) is 10.5. The van der Waals surface area contributed by atoms with Crippen molar-refractivity contribution in [2.24, 2.45) is 23.2 Å². The molecule has 0 radical (unpaired) electrons. The average Bonchev–Trinajstić information content (AvgIpc) is 3.52. The summed E-state index contributed by atoms with van der Waals surface area (Å²) in [4.78, 5) is 96.3. The molecule has 1 heterocycles. The van der Waals surface area contributed by atoms with Crippen molar-refractivity contribution in [2.75, 3.05) is 27.2 Å². The highest BCUT2D eigenvalue weighted by molar-refractivity contribution is 6.38. The largest absolute Gasteiger partial charge is 0.444 e. The van der Waals surface area contributed by atoms with Crippen LogP contribution in [0.1, 0.15) is 91.7 Å². The molecular weight excluding hydrogens is 668 g/mol. The van der Waals surface area contributed by atoms with E-state index in [0.29, 0.717) is 18.5 Å². The third-order valence-electron chi connectivity index (χ3n) is 10.5. The Balaban J connectivity index is 1.44. The lowest BCUT2D eigenvalue weighted by Crippen LogP contribution is -2.59. The van der Waals surface area contributed by atoms with Gasteiger partial charge < -0.3 is 35.8 Å². The molecule has 286 valence electrons. The summed E-state index contributed by atoms with van der Waals surface area (Å²) in [6.07, 6.45) is 3.29. The summed E-state index contributed by atoms with van der Waals surface area (Å²) in [5.41, 5.74) is -0.430. The first-order chi connectivity index (χ1) is 24.4. The van der Waals surface area contributed by atoms with Crippen molar-refractivity contribution in [2.45, 2.75) is 110 Å². The van der Waals surface area contributed by atoms with E-state index in [4.69, 9.17) is 4.74 Å². The van der Waals surface area contributed by atoms with E-state index in [9.17, 15) is 33.6 Å². The van der Waals surface area contributed by atoms with Gasteiger partial charge in [-0.2, -0.15) is 0 Å². The molecule has 14 nitrogen and oxygen atoms in total. The van der Waals surface area contributed by atoms with Crippen molar-refractivity contribution < 1.29 is 38.3 Å². The molecule has 0 aromatic heterocycles. The number of carbonyl (C=O) groups is 7. The SMILES string of the molecule is CCCC(NC(=O)[C@@H]1[C@@H]2[C@H](CN1C(=O)[C@@H](NC(=O)OC(C)(C)C)C1CCCC1)C2(C)C)C(=O)C(=O)NCC(=O)NC(C(=O)N(C)C)c1ccccc1. The van der Waals surface area contributed by atoms with Gasteiger partial charge in [0.1, 0.15) is 23.7 Å². The van der Waals surface area contributed by atoms with Gasteiger partial charge in [-0.3, -0.25) is 28.8 Å². The van der Waals surface area contributed by atoms with Crippen molar-refractivity contribution in [1.82, 2.24) is 31.1 Å². The Morgan fingerprint density at radius 2 is 1.60 bits per heavy atom. The quantitative estimate of drug-likeness (QED) is 0.211. The Kier molecular flexibility index (Phi) is 12.7. The zero-order valence-corrected chi connectivity index (χ0v) is 31.7. The fourth-order valence-electron chi connectivity index (χ4n) is 7.72. The Morgan fingerprint density at radius 3 is 2.17 bits per heavy atom. The van der Waals surface area contributed by atoms with E-state index in [2.05, 4.69) is 21.3 Å². The van der Waals surface area contributed by atoms with Gasteiger partial charge in [0.25, 0.3) is 5.91 Å². The molecule has 14 heteroatoms. The van der Waals surface area contributed by atoms with Gasteiger partial charge in [-0.1, -0.05) is 70.4 Å². The summed E-state index contributed by atoms with van der Waals surface area (Å²) in [5, 5.41) is 10.5. The molecule has 6 amide bonds. The van der Waals surface area contributed by atoms with Gasteiger partial charge >= 0.3 is 6.09 Å². The third kappa shape index (κ3) is 9.48. The van der Waals surface area contributed by atoms with Crippen LogP contribution in [0.3, 0.4) is 0 Å². The molecule has 4 N–H and O–H groups in total. The van der Waals surface area contributed by atoms with Crippen LogP contribution in [-0.4, -0.2) is 102 Å². The molecule has 6 atom stereocenters. The number of hydrogen-bond acceptors (Lipinski definition) is 8. The first-order valence-corrected chi connectivity index (χ1v) is 18.3. The maximum Gasteiger partial charge on any atom is 0.408 e. The van der Waals surface area contributed by atoms with Crippen LogP contribution in [0, 0.1) is 23.2 Å². The molecule has 2 saturated carbocycles. The van der Waals surface area contributed by atoms with Crippen molar-refractivity contribution in [3.8, 4) is 0 Å². The van der Waals surface area contributed by atoms with E-state index in [1.165, 1.54) is 9.80 Å². The summed E-state index contributed by atoms with van der Waals surface area (Å²) in [6.45, 7) is 10.9. The fraction of sp³-hybridized carbons (Fsp3) is 0.658. The molecule has 4 rings (SSSR count). The summed E-state index contributed by atoms with van der Waals surface area (Å²) < 4.78 is 5.48. The van der Waals surface area contributed by atoms with Crippen LogP contribution in [0.2, 0.25) is 0 Å². The number of alkyl carbamates (subject to hydrolysis) is 1. The number of ketones is 1. The highest BCUT2D eigenvalue weighted by Crippen LogP contribution is 2.65. The van der Waals surface area contributed by atoms with Crippen molar-refractivity contribution in [3.63, 3.8) is 0 Å². The lowest BCUT2D eigenvalue weighted by Gasteiger charge is -2.35. The first-order valence-electron chi connectivity index (χ1n) is 18.3. The number of benzene rings is 1. The van der Waals surface area contributed by atoms with Gasteiger partial charge in [0.15, 0.2) is 0 Å². The van der Waals surface area contributed by atoms with Crippen LogP contribution in [0.15, 0.2) is 30.3 Å². The minimum absolute atomic E-state index is 0.0548. The maximum absolute atomic E-state index is 14.3. The molecule has 52 heavy (non-hydrogen) atoms. The van der Waals surface area contributed by atoms with Crippen LogP contribution < -0.4 is 21.3 Å². The number of nitrogens with one attached hydrogen (secondary N) is 4. The number of carbonyl (C=O) groups excluding carboxylic acids is 7. The van der Waals surface area contributed by atoms with E-state index in [0.717, 1.165) is 25.7 Å². The second kappa shape index (κ2) is 16.5. The molecule has 1 saturated heterocycles. The lowest BCUT2D eigenvalue weighted by atomic mass is 9.94. The standard InChI is InChI=1S/C38H56N6O8/c1-9-15-25(31(46)33(48)39-20-26(45)41-28(34(49)43(7)8)22-16-11-10-12-17-22)40-32(47)30-27-24(38(27,5)6)21-44(30)35(50)29(23-18-13-14-19-23)42-36(51)52-37(2,3)4/h10-12,16-17,23-25,27-30H,9,13-15,18-21H2,1-8H3,(H,39,48)(H,40,47)(H,41,45)(H,42,51)/t24-,25?,27-,28?,29-,30-/m0/s1. The van der Waals surface area contributed by atoms with Crippen LogP contribution in [0.5, 0.6) is 0 Å². The van der Waals surface area contributed by atoms with E-state index in [1.54, 1.807) is 65.2 Å². The molecule has 3 fully saturated rings. The smallest absolute Gasteiger partial charge is 0.408 e. The zero-order valence-electron chi connectivity index (χ0n) is 31.7. The van der Waals surface area contributed by atoms with E-state index in [-0.39, 0.29) is 41.4 Å². The number of nitrogens with zero attached hydrogens (tertiary/aromatic N) is 2. The molecule has 0 spiro atoms. The Labute approximate surface area is 306 Å². The van der Waals surface area contributed by atoms with Crippen molar-refractivity contribution in [1.29, 1.82) is 0 Å². The number of likely N-dealkylation sites (N-methyl/N-ethyl adjacent to an activating group) is 1. The Morgan fingerprint density at radius 1 is 0.962 bits per heavy atom. The first kappa shape index (κ1) is 40.3. The molecular formula is C38H56N6O8. The highest BCUT2D eigenvalue weighted by Gasteiger charge is 2.69. The Bertz CT molecular complexity index is 1520. The van der Waals surface area contributed by atoms with Gasteiger partial charge in [-0.15, -0.1) is 0 Å². The minimum atomic E-state index is -1.20. The normalized spacial score (nSPS) is 22.2. The van der Waals surface area contributed by atoms with Crippen LogP contribution in [0.25, 0.3) is 0 Å². The summed E-state index contributed by atoms with van der Waals surface area (Å²) in [5.74, 6) is -4.15. The number of likely N-dealkylation sites (tertiary alicyclic amines) is 1. The summed E-state index contributed by atoms with van der Waals surface area (Å²) in [6, 6.07) is 4.68. The van der Waals surface area contributed by atoms with Crippen molar-refractivity contribution in [3.05, 3.63) is 35.9 Å². The Hall–Kier alpha value is -4.49. The molecule has 0 bridgehead atoms. The predicted molar refractivity (Wildman–Crippen MR) is 192 cm³/mol. The second-order valence-electron chi connectivity index (χ2n) is 16.1. The van der Waals surface area contributed by atoms with Crippen LogP contribution in [0.4, 0.5) is 4.79 Å². The number of fused-ring (bicyclic) bond motifs is 1. The van der Waals surface area contributed by atoms with Gasteiger partial charge in [0.05, 0.1) is 12.6 Å². The van der Waals surface area contributed by atoms with Crippen LogP contribution in [-0.2, 0) is 33.5 Å². The molecule has 1 aromatic carbocycles. The average molecular weight is 725 g/mol. The van der Waals surface area contributed by atoms with Gasteiger partial charge in [0, 0.05) is 20.6 Å². The molecule has 1 aromatic rings. The van der Waals surface area contributed by atoms with E-state index < -0.39 is 65.9 Å². The summed E-state index contributed by atoms with van der Waals surface area (Å²) >= 11 is 0. The fourth-order valence-corrected chi connectivity index (χ4v) is 7.72. The predicted octanol–water partition coefficient (Wildman–Crippen LogP) is 2.47. The lowest BCUT2D eigenvalue weighted by molar-refractivity contribution is -0.145. The number of rotatable bonds is 14. The topological polar surface area (TPSA) is 183 Å².